The second-order valence-electron chi connectivity index (χ2n) is 7.32. The number of fused-ring (bicyclic) bond motifs is 1. The summed E-state index contributed by atoms with van der Waals surface area (Å²) in [4.78, 5) is 6.78. The molecule has 8 heteroatoms. The van der Waals surface area contributed by atoms with Gasteiger partial charge in [-0.25, -0.2) is 0 Å². The van der Waals surface area contributed by atoms with E-state index in [-0.39, 0.29) is 6.10 Å². The Kier molecular flexibility index (Phi) is 7.00. The maximum Gasteiger partial charge on any atom is 0.191 e. The van der Waals surface area contributed by atoms with Crippen molar-refractivity contribution < 1.29 is 4.74 Å². The van der Waals surface area contributed by atoms with Gasteiger partial charge in [-0.2, -0.15) is 0 Å². The lowest BCUT2D eigenvalue weighted by Gasteiger charge is -2.34. The van der Waals surface area contributed by atoms with E-state index in [0.29, 0.717) is 5.92 Å². The van der Waals surface area contributed by atoms with Gasteiger partial charge in [-0.1, -0.05) is 19.9 Å². The third kappa shape index (κ3) is 5.64. The summed E-state index contributed by atoms with van der Waals surface area (Å²) in [6.45, 7) is 9.91. The van der Waals surface area contributed by atoms with E-state index in [4.69, 9.17) is 4.74 Å². The highest BCUT2D eigenvalue weighted by Gasteiger charge is 2.21. The number of pyridine rings is 1. The number of nitrogens with zero attached hydrogens (tertiary/aromatic N) is 5. The van der Waals surface area contributed by atoms with Gasteiger partial charge in [-0.05, 0) is 18.1 Å². The molecule has 1 saturated heterocycles. The Morgan fingerprint density at radius 3 is 3.04 bits per heavy atom. The second kappa shape index (κ2) is 9.66. The Labute approximate surface area is 161 Å². The van der Waals surface area contributed by atoms with Gasteiger partial charge in [-0.3, -0.25) is 14.3 Å². The molecule has 3 heterocycles. The van der Waals surface area contributed by atoms with Crippen molar-refractivity contribution in [2.45, 2.75) is 26.4 Å². The first-order chi connectivity index (χ1) is 13.2. The average Bonchev–Trinajstić information content (AvgIpc) is 3.07. The molecule has 148 valence electrons. The number of hydrogen-bond acceptors (Lipinski definition) is 5. The Bertz CT molecular complexity index is 742. The summed E-state index contributed by atoms with van der Waals surface area (Å²) < 4.78 is 7.90. The van der Waals surface area contributed by atoms with E-state index in [2.05, 4.69) is 44.6 Å². The van der Waals surface area contributed by atoms with Crippen LogP contribution in [0.25, 0.3) is 5.65 Å². The average molecular weight is 374 g/mol. The Morgan fingerprint density at radius 1 is 1.33 bits per heavy atom. The quantitative estimate of drug-likeness (QED) is 0.552. The third-order valence-corrected chi connectivity index (χ3v) is 4.59. The lowest BCUT2D eigenvalue weighted by atomic mass is 10.2. The lowest BCUT2D eigenvalue weighted by molar-refractivity contribution is -0.0284. The van der Waals surface area contributed by atoms with Crippen molar-refractivity contribution in [3.8, 4) is 0 Å². The molecule has 2 N–H and O–H groups in total. The predicted octanol–water partition coefficient (Wildman–Crippen LogP) is 0.794. The molecule has 2 aromatic rings. The van der Waals surface area contributed by atoms with Crippen molar-refractivity contribution in [1.82, 2.24) is 30.1 Å². The van der Waals surface area contributed by atoms with Crippen LogP contribution < -0.4 is 10.6 Å². The van der Waals surface area contributed by atoms with Crippen LogP contribution in [0.5, 0.6) is 0 Å². The van der Waals surface area contributed by atoms with E-state index < -0.39 is 0 Å². The molecule has 1 fully saturated rings. The van der Waals surface area contributed by atoms with Gasteiger partial charge in [-0.15, -0.1) is 10.2 Å². The molecule has 0 bridgehead atoms. The first kappa shape index (κ1) is 19.6. The minimum Gasteiger partial charge on any atom is -0.374 e. The molecule has 27 heavy (non-hydrogen) atoms. The van der Waals surface area contributed by atoms with Gasteiger partial charge in [0.25, 0.3) is 0 Å². The molecule has 0 saturated carbocycles. The number of ether oxygens (including phenoxy) is 1. The van der Waals surface area contributed by atoms with Crippen LogP contribution in [0.2, 0.25) is 0 Å². The van der Waals surface area contributed by atoms with E-state index in [0.717, 1.165) is 63.2 Å². The molecule has 2 aromatic heterocycles. The van der Waals surface area contributed by atoms with Crippen LogP contribution in [0.4, 0.5) is 0 Å². The summed E-state index contributed by atoms with van der Waals surface area (Å²) >= 11 is 0. The van der Waals surface area contributed by atoms with Crippen molar-refractivity contribution in [2.24, 2.45) is 10.9 Å². The highest BCUT2D eigenvalue weighted by molar-refractivity contribution is 5.79. The van der Waals surface area contributed by atoms with Crippen molar-refractivity contribution in [1.29, 1.82) is 0 Å². The third-order valence-electron chi connectivity index (χ3n) is 4.59. The number of guanidine groups is 1. The lowest BCUT2D eigenvalue weighted by Crippen LogP contribution is -2.50. The number of aliphatic imine (C=N–C) groups is 1. The molecule has 1 aliphatic rings. The van der Waals surface area contributed by atoms with E-state index in [9.17, 15) is 0 Å². The van der Waals surface area contributed by atoms with Crippen molar-refractivity contribution >= 4 is 11.6 Å². The van der Waals surface area contributed by atoms with Crippen LogP contribution in [0, 0.1) is 5.92 Å². The normalized spacial score (nSPS) is 19.0. The molecule has 0 aliphatic carbocycles. The summed E-state index contributed by atoms with van der Waals surface area (Å²) in [7, 11) is 1.79. The summed E-state index contributed by atoms with van der Waals surface area (Å²) in [5.41, 5.74) is 0.871. The van der Waals surface area contributed by atoms with Crippen LogP contribution in [-0.4, -0.2) is 77.9 Å². The zero-order valence-corrected chi connectivity index (χ0v) is 16.6. The maximum atomic E-state index is 5.89. The number of hydrogen-bond donors (Lipinski definition) is 2. The largest absolute Gasteiger partial charge is 0.374 e. The number of aromatic nitrogens is 3. The van der Waals surface area contributed by atoms with Gasteiger partial charge in [0.15, 0.2) is 11.6 Å². The molecular weight excluding hydrogens is 342 g/mol. The summed E-state index contributed by atoms with van der Waals surface area (Å²) in [6.07, 6.45) is 2.95. The topological polar surface area (TPSA) is 79.1 Å². The van der Waals surface area contributed by atoms with Gasteiger partial charge >= 0.3 is 0 Å². The Morgan fingerprint density at radius 2 is 2.22 bits per heavy atom. The monoisotopic (exact) mass is 373 g/mol. The first-order valence-corrected chi connectivity index (χ1v) is 9.73. The molecular formula is C19H31N7O. The van der Waals surface area contributed by atoms with Crippen LogP contribution in [0.3, 0.4) is 0 Å². The minimum atomic E-state index is 0.191. The second-order valence-corrected chi connectivity index (χ2v) is 7.32. The van der Waals surface area contributed by atoms with Gasteiger partial charge in [0.2, 0.25) is 0 Å². The van der Waals surface area contributed by atoms with Crippen LogP contribution >= 0.6 is 0 Å². The molecule has 1 aliphatic heterocycles. The van der Waals surface area contributed by atoms with Gasteiger partial charge < -0.3 is 15.4 Å². The SMILES string of the molecule is CN=C(NCCc1nnc2ccccn12)NCC1CN(CC(C)C)CCO1. The van der Waals surface area contributed by atoms with Crippen molar-refractivity contribution in [3.05, 3.63) is 30.2 Å². The maximum absolute atomic E-state index is 5.89. The Hall–Kier alpha value is -2.19. The van der Waals surface area contributed by atoms with E-state index >= 15 is 0 Å². The van der Waals surface area contributed by atoms with E-state index in [1.54, 1.807) is 7.05 Å². The van der Waals surface area contributed by atoms with Gasteiger partial charge in [0.05, 0.1) is 12.7 Å². The van der Waals surface area contributed by atoms with Crippen LogP contribution in [0.1, 0.15) is 19.7 Å². The molecule has 3 rings (SSSR count). The number of nitrogens with one attached hydrogen (secondary N) is 2. The fourth-order valence-electron chi connectivity index (χ4n) is 3.37. The number of rotatable bonds is 7. The molecule has 8 nitrogen and oxygen atoms in total. The van der Waals surface area contributed by atoms with Crippen LogP contribution in [0.15, 0.2) is 29.4 Å². The fraction of sp³-hybridized carbons (Fsp3) is 0.632. The zero-order valence-electron chi connectivity index (χ0n) is 16.6. The summed E-state index contributed by atoms with van der Waals surface area (Å²) in [5, 5.41) is 15.2. The fourth-order valence-corrected chi connectivity index (χ4v) is 3.37. The molecule has 1 unspecified atom stereocenters. The van der Waals surface area contributed by atoms with Gasteiger partial charge in [0.1, 0.15) is 5.82 Å². The molecule has 1 atom stereocenters. The van der Waals surface area contributed by atoms with Crippen LogP contribution in [-0.2, 0) is 11.2 Å². The highest BCUT2D eigenvalue weighted by Crippen LogP contribution is 2.07. The van der Waals surface area contributed by atoms with Crippen molar-refractivity contribution in [3.63, 3.8) is 0 Å². The number of morpholine rings is 1. The first-order valence-electron chi connectivity index (χ1n) is 9.73. The molecule has 0 spiro atoms. The predicted molar refractivity (Wildman–Crippen MR) is 107 cm³/mol. The minimum absolute atomic E-state index is 0.191. The van der Waals surface area contributed by atoms with Gasteiger partial charge in [0, 0.05) is 52.4 Å². The summed E-state index contributed by atoms with van der Waals surface area (Å²) in [5.74, 6) is 2.40. The standard InChI is InChI=1S/C19H31N7O/c1-15(2)13-25-10-11-27-16(14-25)12-22-19(20-3)21-8-7-18-24-23-17-6-4-5-9-26(17)18/h4-6,9,15-16H,7-8,10-14H2,1-3H3,(H2,20,21,22). The van der Waals surface area contributed by atoms with E-state index in [1.807, 2.05) is 28.8 Å². The smallest absolute Gasteiger partial charge is 0.191 e. The molecule has 0 radical (unpaired) electrons. The zero-order chi connectivity index (χ0) is 19.1. The highest BCUT2D eigenvalue weighted by atomic mass is 16.5. The summed E-state index contributed by atoms with van der Waals surface area (Å²) in [6, 6.07) is 5.91. The molecule has 0 amide bonds. The van der Waals surface area contributed by atoms with Crippen molar-refractivity contribution in [2.75, 3.05) is 46.4 Å². The molecule has 0 aromatic carbocycles. The van der Waals surface area contributed by atoms with E-state index in [1.165, 1.54) is 0 Å². The Balaban J connectivity index is 1.42.